The number of fused-ring (bicyclic) bond motifs is 1. The Hall–Kier alpha value is -1.58. The largest absolute Gasteiger partial charge is 0.508 e. The lowest BCUT2D eigenvalue weighted by Crippen LogP contribution is -2.12. The number of aromatic hydroxyl groups is 1. The molecule has 0 aromatic heterocycles. The van der Waals surface area contributed by atoms with Crippen molar-refractivity contribution in [3.63, 3.8) is 0 Å². The lowest BCUT2D eigenvalue weighted by Gasteiger charge is -2.15. The minimum Gasteiger partial charge on any atom is -0.508 e. The third-order valence-electron chi connectivity index (χ3n) is 3.06. The summed E-state index contributed by atoms with van der Waals surface area (Å²) in [6.07, 6.45) is 0. The van der Waals surface area contributed by atoms with Crippen LogP contribution in [0, 0.1) is 0 Å². The Kier molecular flexibility index (Phi) is 3.17. The number of rotatable bonds is 2. The minimum atomic E-state index is -0.00781. The van der Waals surface area contributed by atoms with Gasteiger partial charge < -0.3 is 15.2 Å². The van der Waals surface area contributed by atoms with Crippen LogP contribution in [0.25, 0.3) is 0 Å². The fraction of sp³-hybridized carbons (Fsp3) is 0.143. The Morgan fingerprint density at radius 3 is 2.89 bits per heavy atom. The first-order valence-electron chi connectivity index (χ1n) is 5.81. The SMILES string of the molecule is Oc1ccc2c(c1)OCC2Nc1cccc(Cl)c1Cl. The number of nitrogens with one attached hydrogen (secondary N) is 1. The fourth-order valence-electron chi connectivity index (χ4n) is 2.12. The van der Waals surface area contributed by atoms with Crippen LogP contribution in [0.3, 0.4) is 0 Å². The lowest BCUT2D eigenvalue weighted by molar-refractivity contribution is 0.338. The van der Waals surface area contributed by atoms with Crippen LogP contribution >= 0.6 is 23.2 Å². The molecule has 0 saturated heterocycles. The fourth-order valence-corrected chi connectivity index (χ4v) is 2.48. The number of halogens is 2. The average Bonchev–Trinajstić information content (AvgIpc) is 2.77. The lowest BCUT2D eigenvalue weighted by atomic mass is 10.1. The van der Waals surface area contributed by atoms with Gasteiger partial charge in [-0.3, -0.25) is 0 Å². The van der Waals surface area contributed by atoms with E-state index in [1.807, 2.05) is 18.2 Å². The van der Waals surface area contributed by atoms with Crippen LogP contribution in [0.4, 0.5) is 5.69 Å². The van der Waals surface area contributed by atoms with E-state index in [-0.39, 0.29) is 11.8 Å². The molecule has 1 heterocycles. The summed E-state index contributed by atoms with van der Waals surface area (Å²) in [6.45, 7) is 0.488. The number of benzene rings is 2. The average molecular weight is 296 g/mol. The molecule has 19 heavy (non-hydrogen) atoms. The van der Waals surface area contributed by atoms with Crippen molar-refractivity contribution in [1.82, 2.24) is 0 Å². The van der Waals surface area contributed by atoms with Gasteiger partial charge >= 0.3 is 0 Å². The maximum Gasteiger partial charge on any atom is 0.128 e. The van der Waals surface area contributed by atoms with E-state index in [9.17, 15) is 5.11 Å². The Morgan fingerprint density at radius 1 is 1.21 bits per heavy atom. The highest BCUT2D eigenvalue weighted by atomic mass is 35.5. The van der Waals surface area contributed by atoms with Crippen LogP contribution in [0.15, 0.2) is 36.4 Å². The summed E-state index contributed by atoms with van der Waals surface area (Å²) < 4.78 is 5.54. The predicted octanol–water partition coefficient (Wildman–Crippen LogP) is 4.24. The van der Waals surface area contributed by atoms with E-state index in [1.54, 1.807) is 18.2 Å². The maximum absolute atomic E-state index is 9.41. The third kappa shape index (κ3) is 2.31. The summed E-state index contributed by atoms with van der Waals surface area (Å²) in [5, 5.41) is 13.7. The highest BCUT2D eigenvalue weighted by Gasteiger charge is 2.25. The van der Waals surface area contributed by atoms with Gasteiger partial charge in [0.1, 0.15) is 18.1 Å². The summed E-state index contributed by atoms with van der Waals surface area (Å²) in [6, 6.07) is 10.5. The van der Waals surface area contributed by atoms with Crippen LogP contribution in [0.1, 0.15) is 11.6 Å². The molecule has 98 valence electrons. The van der Waals surface area contributed by atoms with Gasteiger partial charge in [0.05, 0.1) is 21.8 Å². The summed E-state index contributed by atoms with van der Waals surface area (Å²) >= 11 is 12.1. The predicted molar refractivity (Wildman–Crippen MR) is 76.4 cm³/mol. The molecule has 0 saturated carbocycles. The van der Waals surface area contributed by atoms with E-state index >= 15 is 0 Å². The van der Waals surface area contributed by atoms with Gasteiger partial charge in [-0.05, 0) is 24.3 Å². The Bertz CT molecular complexity index is 631. The van der Waals surface area contributed by atoms with Crippen LogP contribution in [0.5, 0.6) is 11.5 Å². The van der Waals surface area contributed by atoms with Crippen molar-refractivity contribution in [3.05, 3.63) is 52.0 Å². The van der Waals surface area contributed by atoms with E-state index in [1.165, 1.54) is 0 Å². The number of phenolic OH excluding ortho intramolecular Hbond substituents is 1. The molecule has 1 atom stereocenters. The molecular weight excluding hydrogens is 285 g/mol. The summed E-state index contributed by atoms with van der Waals surface area (Å²) in [7, 11) is 0. The Balaban J connectivity index is 1.89. The molecule has 0 bridgehead atoms. The van der Waals surface area contributed by atoms with Gasteiger partial charge in [-0.25, -0.2) is 0 Å². The number of ether oxygens (including phenoxy) is 1. The van der Waals surface area contributed by atoms with Gasteiger partial charge in [0.15, 0.2) is 0 Å². The molecule has 2 aromatic carbocycles. The van der Waals surface area contributed by atoms with Crippen molar-refractivity contribution in [2.75, 3.05) is 11.9 Å². The molecule has 0 aliphatic carbocycles. The molecule has 1 unspecified atom stereocenters. The van der Waals surface area contributed by atoms with Crippen molar-refractivity contribution in [1.29, 1.82) is 0 Å². The highest BCUT2D eigenvalue weighted by Crippen LogP contribution is 2.38. The second-order valence-corrected chi connectivity index (χ2v) is 5.12. The maximum atomic E-state index is 9.41. The van der Waals surface area contributed by atoms with Crippen molar-refractivity contribution in [2.24, 2.45) is 0 Å². The van der Waals surface area contributed by atoms with Gasteiger partial charge in [-0.2, -0.15) is 0 Å². The van der Waals surface area contributed by atoms with Crippen LogP contribution in [-0.4, -0.2) is 11.7 Å². The van der Waals surface area contributed by atoms with Crippen molar-refractivity contribution < 1.29 is 9.84 Å². The monoisotopic (exact) mass is 295 g/mol. The molecule has 3 nitrogen and oxygen atoms in total. The molecule has 0 fully saturated rings. The second kappa shape index (κ2) is 4.83. The first kappa shape index (κ1) is 12.5. The summed E-state index contributed by atoms with van der Waals surface area (Å²) in [5.74, 6) is 0.885. The number of phenols is 1. The smallest absolute Gasteiger partial charge is 0.128 e. The number of hydrogen-bond acceptors (Lipinski definition) is 3. The standard InChI is InChI=1S/C14H11Cl2NO2/c15-10-2-1-3-11(14(10)16)17-12-7-19-13-6-8(18)4-5-9(12)13/h1-6,12,17-18H,7H2. The van der Waals surface area contributed by atoms with E-state index < -0.39 is 0 Å². The highest BCUT2D eigenvalue weighted by molar-refractivity contribution is 6.43. The van der Waals surface area contributed by atoms with Gasteiger partial charge in [0.2, 0.25) is 0 Å². The Labute approximate surface area is 120 Å². The first-order chi connectivity index (χ1) is 9.15. The normalized spacial score (nSPS) is 16.8. The molecule has 2 N–H and O–H groups in total. The molecule has 5 heteroatoms. The van der Waals surface area contributed by atoms with Gasteiger partial charge in [-0.15, -0.1) is 0 Å². The molecule has 1 aliphatic rings. The molecule has 0 amide bonds. The molecule has 3 rings (SSSR count). The summed E-state index contributed by atoms with van der Waals surface area (Å²) in [4.78, 5) is 0. The topological polar surface area (TPSA) is 41.5 Å². The van der Waals surface area contributed by atoms with E-state index in [0.29, 0.717) is 22.4 Å². The second-order valence-electron chi connectivity index (χ2n) is 4.33. The van der Waals surface area contributed by atoms with Crippen LogP contribution in [-0.2, 0) is 0 Å². The zero-order valence-corrected chi connectivity index (χ0v) is 11.4. The van der Waals surface area contributed by atoms with Crippen LogP contribution in [0.2, 0.25) is 10.0 Å². The molecule has 2 aromatic rings. The number of anilines is 1. The van der Waals surface area contributed by atoms with E-state index in [0.717, 1.165) is 11.3 Å². The molecule has 1 aliphatic heterocycles. The Morgan fingerprint density at radius 2 is 2.05 bits per heavy atom. The van der Waals surface area contributed by atoms with Gasteiger partial charge in [0, 0.05) is 11.6 Å². The van der Waals surface area contributed by atoms with Crippen molar-refractivity contribution in [3.8, 4) is 11.5 Å². The number of hydrogen-bond donors (Lipinski definition) is 2. The molecule has 0 spiro atoms. The van der Waals surface area contributed by atoms with Crippen molar-refractivity contribution in [2.45, 2.75) is 6.04 Å². The molecule has 0 radical (unpaired) electrons. The van der Waals surface area contributed by atoms with Gasteiger partial charge in [-0.1, -0.05) is 29.3 Å². The zero-order chi connectivity index (χ0) is 13.4. The van der Waals surface area contributed by atoms with Crippen molar-refractivity contribution >= 4 is 28.9 Å². The van der Waals surface area contributed by atoms with Crippen LogP contribution < -0.4 is 10.1 Å². The minimum absolute atomic E-state index is 0.00781. The zero-order valence-electron chi connectivity index (χ0n) is 9.86. The molecular formula is C14H11Cl2NO2. The first-order valence-corrected chi connectivity index (χ1v) is 6.57. The summed E-state index contributed by atoms with van der Waals surface area (Å²) in [5.41, 5.74) is 1.76. The quantitative estimate of drug-likeness (QED) is 0.870. The van der Waals surface area contributed by atoms with E-state index in [4.69, 9.17) is 27.9 Å². The third-order valence-corrected chi connectivity index (χ3v) is 3.88. The van der Waals surface area contributed by atoms with E-state index in [2.05, 4.69) is 5.32 Å². The van der Waals surface area contributed by atoms with Gasteiger partial charge in [0.25, 0.3) is 0 Å².